The van der Waals surface area contributed by atoms with E-state index in [1.807, 2.05) is 0 Å². The van der Waals surface area contributed by atoms with Gasteiger partial charge in [0.25, 0.3) is 5.91 Å². The summed E-state index contributed by atoms with van der Waals surface area (Å²) < 4.78 is 4.53. The van der Waals surface area contributed by atoms with Gasteiger partial charge in [-0.3, -0.25) is 9.59 Å². The molecular formula is C10H12N2O4. The Hall–Kier alpha value is -1.85. The highest BCUT2D eigenvalue weighted by Gasteiger charge is 2.44. The predicted molar refractivity (Wildman–Crippen MR) is 52.8 cm³/mol. The maximum Gasteiger partial charge on any atom is 0.311 e. The summed E-state index contributed by atoms with van der Waals surface area (Å²) in [7, 11) is 0. The van der Waals surface area contributed by atoms with Crippen LogP contribution in [0.4, 0.5) is 0 Å². The lowest BCUT2D eigenvalue weighted by Crippen LogP contribution is -2.47. The van der Waals surface area contributed by atoms with Crippen LogP contribution >= 0.6 is 0 Å². The summed E-state index contributed by atoms with van der Waals surface area (Å²) in [5.41, 5.74) is -0.612. The molecule has 1 aliphatic carbocycles. The smallest absolute Gasteiger partial charge is 0.311 e. The van der Waals surface area contributed by atoms with Crippen molar-refractivity contribution in [2.75, 3.05) is 6.54 Å². The zero-order chi connectivity index (χ0) is 11.6. The Labute approximate surface area is 91.6 Å². The van der Waals surface area contributed by atoms with Crippen molar-refractivity contribution in [3.8, 4) is 0 Å². The van der Waals surface area contributed by atoms with Crippen molar-refractivity contribution in [2.24, 2.45) is 5.41 Å². The first-order valence-corrected chi connectivity index (χ1v) is 5.06. The van der Waals surface area contributed by atoms with E-state index in [1.165, 1.54) is 12.3 Å². The maximum absolute atomic E-state index is 11.5. The lowest BCUT2D eigenvalue weighted by atomic mass is 9.69. The van der Waals surface area contributed by atoms with E-state index < -0.39 is 17.3 Å². The molecule has 2 rings (SSSR count). The fourth-order valence-corrected chi connectivity index (χ4v) is 1.74. The highest BCUT2D eigenvalue weighted by Crippen LogP contribution is 2.40. The van der Waals surface area contributed by atoms with Gasteiger partial charge in [0, 0.05) is 12.6 Å². The first kappa shape index (κ1) is 10.7. The Kier molecular flexibility index (Phi) is 2.64. The van der Waals surface area contributed by atoms with Gasteiger partial charge in [-0.1, -0.05) is 11.6 Å². The predicted octanol–water partition coefficient (Wildman–Crippen LogP) is 0.659. The van der Waals surface area contributed by atoms with Crippen molar-refractivity contribution in [1.82, 2.24) is 10.5 Å². The Bertz CT molecular complexity index is 395. The minimum atomic E-state index is -0.848. The van der Waals surface area contributed by atoms with Gasteiger partial charge in [-0.05, 0) is 12.8 Å². The molecule has 0 atom stereocenters. The highest BCUT2D eigenvalue weighted by molar-refractivity contribution is 5.92. The van der Waals surface area contributed by atoms with E-state index in [1.54, 1.807) is 0 Å². The molecular weight excluding hydrogens is 212 g/mol. The molecule has 86 valence electrons. The number of aromatic nitrogens is 1. The molecule has 0 aliphatic heterocycles. The summed E-state index contributed by atoms with van der Waals surface area (Å²) in [6.07, 6.45) is 3.42. The summed E-state index contributed by atoms with van der Waals surface area (Å²) in [5, 5.41) is 15.1. The van der Waals surface area contributed by atoms with E-state index in [0.717, 1.165) is 6.42 Å². The van der Waals surface area contributed by atoms with Crippen LogP contribution in [0.1, 0.15) is 29.8 Å². The van der Waals surface area contributed by atoms with Gasteiger partial charge in [0.1, 0.15) is 6.26 Å². The zero-order valence-electron chi connectivity index (χ0n) is 8.60. The molecule has 0 unspecified atom stereocenters. The third kappa shape index (κ3) is 1.78. The van der Waals surface area contributed by atoms with Gasteiger partial charge >= 0.3 is 5.97 Å². The molecule has 1 amide bonds. The van der Waals surface area contributed by atoms with E-state index in [2.05, 4.69) is 15.0 Å². The number of carboxylic acid groups (broad SMARTS) is 1. The summed E-state index contributed by atoms with van der Waals surface area (Å²) in [6.45, 7) is 0.147. The van der Waals surface area contributed by atoms with E-state index >= 15 is 0 Å². The molecule has 1 fully saturated rings. The van der Waals surface area contributed by atoms with Crippen LogP contribution < -0.4 is 5.32 Å². The van der Waals surface area contributed by atoms with Crippen LogP contribution in [0.25, 0.3) is 0 Å². The van der Waals surface area contributed by atoms with Crippen molar-refractivity contribution in [1.29, 1.82) is 0 Å². The number of amides is 1. The maximum atomic E-state index is 11.5. The molecule has 1 heterocycles. The van der Waals surface area contributed by atoms with Gasteiger partial charge in [-0.2, -0.15) is 0 Å². The first-order valence-electron chi connectivity index (χ1n) is 5.06. The average molecular weight is 224 g/mol. The van der Waals surface area contributed by atoms with Crippen LogP contribution in [0.2, 0.25) is 0 Å². The van der Waals surface area contributed by atoms with Crippen molar-refractivity contribution < 1.29 is 19.2 Å². The molecule has 1 aliphatic rings. The molecule has 0 radical (unpaired) electrons. The summed E-state index contributed by atoms with van der Waals surface area (Å²) in [6, 6.07) is 1.43. The van der Waals surface area contributed by atoms with Gasteiger partial charge < -0.3 is 14.9 Å². The monoisotopic (exact) mass is 224 g/mol. The average Bonchev–Trinajstić information content (AvgIpc) is 2.67. The van der Waals surface area contributed by atoms with Gasteiger partial charge in [-0.15, -0.1) is 0 Å². The molecule has 0 saturated heterocycles. The SMILES string of the molecule is O=C(NCC1(C(=O)O)CCC1)c1ccon1. The molecule has 0 bridgehead atoms. The number of hydrogen-bond acceptors (Lipinski definition) is 4. The Morgan fingerprint density at radius 3 is 2.75 bits per heavy atom. The van der Waals surface area contributed by atoms with Crippen LogP contribution in [0.15, 0.2) is 16.9 Å². The van der Waals surface area contributed by atoms with Crippen LogP contribution in [-0.2, 0) is 4.79 Å². The number of nitrogens with zero attached hydrogens (tertiary/aromatic N) is 1. The Morgan fingerprint density at radius 1 is 1.56 bits per heavy atom. The lowest BCUT2D eigenvalue weighted by molar-refractivity contribution is -0.153. The topological polar surface area (TPSA) is 92.4 Å². The van der Waals surface area contributed by atoms with Crippen molar-refractivity contribution in [2.45, 2.75) is 19.3 Å². The van der Waals surface area contributed by atoms with E-state index in [9.17, 15) is 9.59 Å². The van der Waals surface area contributed by atoms with E-state index in [0.29, 0.717) is 12.8 Å². The number of rotatable bonds is 4. The van der Waals surface area contributed by atoms with Gasteiger partial charge in [0.05, 0.1) is 5.41 Å². The highest BCUT2D eigenvalue weighted by atomic mass is 16.5. The molecule has 1 aromatic heterocycles. The van der Waals surface area contributed by atoms with Crippen molar-refractivity contribution in [3.63, 3.8) is 0 Å². The summed E-state index contributed by atoms with van der Waals surface area (Å²) in [5.74, 6) is -1.25. The fourth-order valence-electron chi connectivity index (χ4n) is 1.74. The number of carboxylic acids is 1. The number of hydrogen-bond donors (Lipinski definition) is 2. The minimum absolute atomic E-state index is 0.147. The first-order chi connectivity index (χ1) is 7.64. The molecule has 0 aromatic carbocycles. The van der Waals surface area contributed by atoms with Crippen LogP contribution in [0.3, 0.4) is 0 Å². The molecule has 1 saturated carbocycles. The molecule has 0 spiro atoms. The molecule has 6 nitrogen and oxygen atoms in total. The number of carbonyl (C=O) groups excluding carboxylic acids is 1. The van der Waals surface area contributed by atoms with Crippen LogP contribution in [-0.4, -0.2) is 28.7 Å². The van der Waals surface area contributed by atoms with Gasteiger partial charge in [0.15, 0.2) is 5.69 Å². The molecule has 16 heavy (non-hydrogen) atoms. The normalized spacial score (nSPS) is 17.5. The number of aliphatic carboxylic acids is 1. The largest absolute Gasteiger partial charge is 0.481 e. The second-order valence-corrected chi connectivity index (χ2v) is 4.01. The molecule has 2 N–H and O–H groups in total. The second kappa shape index (κ2) is 3.96. The number of carbonyl (C=O) groups is 2. The van der Waals surface area contributed by atoms with Gasteiger partial charge in [-0.25, -0.2) is 0 Å². The number of nitrogens with one attached hydrogen (secondary N) is 1. The second-order valence-electron chi connectivity index (χ2n) is 4.01. The van der Waals surface area contributed by atoms with Gasteiger partial charge in [0.2, 0.25) is 0 Å². The van der Waals surface area contributed by atoms with E-state index in [-0.39, 0.29) is 12.2 Å². The molecule has 6 heteroatoms. The summed E-state index contributed by atoms with van der Waals surface area (Å²) in [4.78, 5) is 22.5. The third-order valence-electron chi connectivity index (χ3n) is 3.02. The van der Waals surface area contributed by atoms with Crippen LogP contribution in [0, 0.1) is 5.41 Å². The van der Waals surface area contributed by atoms with Crippen LogP contribution in [0.5, 0.6) is 0 Å². The van der Waals surface area contributed by atoms with E-state index in [4.69, 9.17) is 5.11 Å². The zero-order valence-corrected chi connectivity index (χ0v) is 8.60. The Balaban J connectivity index is 1.92. The molecule has 1 aromatic rings. The van der Waals surface area contributed by atoms with Crippen molar-refractivity contribution in [3.05, 3.63) is 18.0 Å². The summed E-state index contributed by atoms with van der Waals surface area (Å²) >= 11 is 0. The third-order valence-corrected chi connectivity index (χ3v) is 3.02. The Morgan fingerprint density at radius 2 is 2.31 bits per heavy atom. The van der Waals surface area contributed by atoms with Crippen molar-refractivity contribution >= 4 is 11.9 Å². The lowest BCUT2D eigenvalue weighted by Gasteiger charge is -2.37. The standard InChI is InChI=1S/C10H12N2O4/c13-8(7-2-5-16-12-7)11-6-10(9(14)15)3-1-4-10/h2,5H,1,3-4,6H2,(H,11,13)(H,14,15). The minimum Gasteiger partial charge on any atom is -0.481 e. The quantitative estimate of drug-likeness (QED) is 0.783. The fraction of sp³-hybridized carbons (Fsp3) is 0.500.